The van der Waals surface area contributed by atoms with E-state index in [1.54, 1.807) is 6.92 Å². The molecule has 5 heteroatoms. The van der Waals surface area contributed by atoms with Gasteiger partial charge in [-0.1, -0.05) is 6.92 Å². The second kappa shape index (κ2) is 2.20. The maximum Gasteiger partial charge on any atom is 0.262 e. The number of carbonyl (C=O) groups excluding carboxylic acids is 1. The van der Waals surface area contributed by atoms with Crippen LogP contribution in [0.4, 0.5) is 0 Å². The van der Waals surface area contributed by atoms with Gasteiger partial charge in [0.25, 0.3) is 15.9 Å². The predicted octanol–water partition coefficient (Wildman–Crippen LogP) is -0.123. The summed E-state index contributed by atoms with van der Waals surface area (Å²) >= 11 is 0. The summed E-state index contributed by atoms with van der Waals surface area (Å²) in [5.41, 5.74) is -0.469. The highest BCUT2D eigenvalue weighted by molar-refractivity contribution is 7.89. The summed E-state index contributed by atoms with van der Waals surface area (Å²) in [5.74, 6) is -0.500. The van der Waals surface area contributed by atoms with E-state index in [9.17, 15) is 13.2 Å². The van der Waals surface area contributed by atoms with Crippen molar-refractivity contribution in [2.24, 2.45) is 5.41 Å². The maximum atomic E-state index is 11.0. The molecular weight excluding hydrogens is 166 g/mol. The summed E-state index contributed by atoms with van der Waals surface area (Å²) in [7, 11) is -3.49. The Bertz CT molecular complexity index is 276. The molecule has 0 aromatic carbocycles. The lowest BCUT2D eigenvalue weighted by molar-refractivity contribution is -0.124. The van der Waals surface area contributed by atoms with E-state index in [2.05, 4.69) is 4.72 Å². The van der Waals surface area contributed by atoms with Crippen molar-refractivity contribution in [2.45, 2.75) is 19.8 Å². The average molecular weight is 176 g/mol. The minimum atomic E-state index is -3.49. The zero-order chi connectivity index (χ0) is 8.70. The van der Waals surface area contributed by atoms with Crippen molar-refractivity contribution in [2.75, 3.05) is 6.26 Å². The molecular formula is C6H10NO3S. The van der Waals surface area contributed by atoms with E-state index in [0.29, 0.717) is 0 Å². The first-order chi connectivity index (χ1) is 4.83. The molecule has 0 aromatic rings. The van der Waals surface area contributed by atoms with Gasteiger partial charge in [-0.25, -0.2) is 8.42 Å². The van der Waals surface area contributed by atoms with Crippen molar-refractivity contribution in [1.82, 2.24) is 4.72 Å². The molecule has 0 atom stereocenters. The molecule has 1 saturated carbocycles. The molecule has 0 saturated heterocycles. The quantitative estimate of drug-likeness (QED) is 0.589. The van der Waals surface area contributed by atoms with Crippen LogP contribution in [-0.4, -0.2) is 20.6 Å². The van der Waals surface area contributed by atoms with E-state index in [1.165, 1.54) is 0 Å². The molecule has 0 N–H and O–H groups in total. The topological polar surface area (TPSA) is 65.3 Å². The number of rotatable bonds is 2. The highest BCUT2D eigenvalue weighted by Crippen LogP contribution is 2.45. The number of nitrogens with zero attached hydrogens (tertiary/aromatic N) is 1. The van der Waals surface area contributed by atoms with Gasteiger partial charge in [0.1, 0.15) is 0 Å². The molecule has 1 rings (SSSR count). The van der Waals surface area contributed by atoms with Gasteiger partial charge < -0.3 is 0 Å². The molecule has 1 aliphatic rings. The summed E-state index contributed by atoms with van der Waals surface area (Å²) in [6.45, 7) is 1.73. The van der Waals surface area contributed by atoms with Gasteiger partial charge in [0.2, 0.25) is 0 Å². The summed E-state index contributed by atoms with van der Waals surface area (Å²) in [5, 5.41) is 0. The molecule has 1 amide bonds. The van der Waals surface area contributed by atoms with Crippen LogP contribution >= 0.6 is 0 Å². The number of hydrogen-bond acceptors (Lipinski definition) is 3. The number of sulfonamides is 1. The van der Waals surface area contributed by atoms with Crippen LogP contribution in [0.15, 0.2) is 0 Å². The highest BCUT2D eigenvalue weighted by Gasteiger charge is 2.46. The molecule has 1 fully saturated rings. The van der Waals surface area contributed by atoms with Crippen molar-refractivity contribution in [3.8, 4) is 0 Å². The fraction of sp³-hybridized carbons (Fsp3) is 0.833. The van der Waals surface area contributed by atoms with E-state index < -0.39 is 21.3 Å². The van der Waals surface area contributed by atoms with Crippen LogP contribution < -0.4 is 4.72 Å². The molecule has 0 unspecified atom stereocenters. The lowest BCUT2D eigenvalue weighted by Gasteiger charge is -2.03. The van der Waals surface area contributed by atoms with E-state index in [4.69, 9.17) is 0 Å². The molecule has 0 bridgehead atoms. The Morgan fingerprint density at radius 2 is 1.91 bits per heavy atom. The van der Waals surface area contributed by atoms with Gasteiger partial charge in [0.15, 0.2) is 0 Å². The standard InChI is InChI=1S/C6H10NO3S/c1-6(3-4-6)5(8)7-11(2,9)10/h3-4H2,1-2H3. The zero-order valence-corrected chi connectivity index (χ0v) is 7.31. The Morgan fingerprint density at radius 1 is 1.45 bits per heavy atom. The number of amides is 1. The Morgan fingerprint density at radius 3 is 2.18 bits per heavy atom. The average Bonchev–Trinajstić information content (AvgIpc) is 2.44. The van der Waals surface area contributed by atoms with Gasteiger partial charge in [-0.05, 0) is 12.8 Å². The van der Waals surface area contributed by atoms with E-state index in [0.717, 1.165) is 19.1 Å². The molecule has 0 aromatic heterocycles. The molecule has 4 nitrogen and oxygen atoms in total. The van der Waals surface area contributed by atoms with Crippen molar-refractivity contribution < 1.29 is 13.2 Å². The summed E-state index contributed by atoms with van der Waals surface area (Å²) in [6.07, 6.45) is 2.44. The SMILES string of the molecule is CC1(C(=O)[N]S(C)(=O)=O)CC1. The maximum absolute atomic E-state index is 11.0. The fourth-order valence-corrected chi connectivity index (χ4v) is 1.18. The first-order valence-electron chi connectivity index (χ1n) is 3.31. The van der Waals surface area contributed by atoms with Gasteiger partial charge >= 0.3 is 0 Å². The Labute approximate surface area is 66.0 Å². The Kier molecular flexibility index (Phi) is 1.70. The van der Waals surface area contributed by atoms with Gasteiger partial charge in [-0.15, -0.1) is 4.72 Å². The molecule has 11 heavy (non-hydrogen) atoms. The third kappa shape index (κ3) is 2.18. The molecule has 63 valence electrons. The van der Waals surface area contributed by atoms with Crippen LogP contribution in [0, 0.1) is 5.41 Å². The zero-order valence-electron chi connectivity index (χ0n) is 6.49. The number of carbonyl (C=O) groups is 1. The van der Waals surface area contributed by atoms with Crippen molar-refractivity contribution in [1.29, 1.82) is 0 Å². The Balaban J connectivity index is 2.59. The molecule has 0 heterocycles. The number of hydrogen-bond donors (Lipinski definition) is 0. The minimum Gasteiger partial charge on any atom is -0.271 e. The molecule has 0 aliphatic heterocycles. The summed E-state index contributed by atoms with van der Waals surface area (Å²) in [6, 6.07) is 0. The normalized spacial score (nSPS) is 20.9. The van der Waals surface area contributed by atoms with Crippen LogP contribution in [0.1, 0.15) is 19.8 Å². The summed E-state index contributed by atoms with van der Waals surface area (Å²) in [4.78, 5) is 11.0. The fourth-order valence-electron chi connectivity index (χ4n) is 0.662. The second-order valence-corrected chi connectivity index (χ2v) is 4.84. The lowest BCUT2D eigenvalue weighted by Crippen LogP contribution is -2.28. The van der Waals surface area contributed by atoms with Crippen LogP contribution in [-0.2, 0) is 14.8 Å². The monoisotopic (exact) mass is 176 g/mol. The molecule has 0 spiro atoms. The van der Waals surface area contributed by atoms with Crippen LogP contribution in [0.3, 0.4) is 0 Å². The van der Waals surface area contributed by atoms with Crippen LogP contribution in [0.5, 0.6) is 0 Å². The molecule has 1 aliphatic carbocycles. The summed E-state index contributed by atoms with van der Waals surface area (Å²) < 4.78 is 24.1. The highest BCUT2D eigenvalue weighted by atomic mass is 32.2. The van der Waals surface area contributed by atoms with Crippen LogP contribution in [0.2, 0.25) is 0 Å². The van der Waals surface area contributed by atoms with Crippen molar-refractivity contribution in [3.05, 3.63) is 0 Å². The Hall–Kier alpha value is -0.580. The van der Waals surface area contributed by atoms with Crippen molar-refractivity contribution >= 4 is 15.9 Å². The van der Waals surface area contributed by atoms with Crippen molar-refractivity contribution in [3.63, 3.8) is 0 Å². The van der Waals surface area contributed by atoms with Gasteiger partial charge in [0, 0.05) is 5.41 Å². The third-order valence-corrected chi connectivity index (χ3v) is 2.26. The minimum absolute atomic E-state index is 0.469. The second-order valence-electron chi connectivity index (χ2n) is 3.19. The first-order valence-corrected chi connectivity index (χ1v) is 5.16. The molecule has 1 radical (unpaired) electrons. The van der Waals surface area contributed by atoms with Crippen LogP contribution in [0.25, 0.3) is 0 Å². The van der Waals surface area contributed by atoms with E-state index in [1.807, 2.05) is 0 Å². The third-order valence-electron chi connectivity index (χ3n) is 1.77. The largest absolute Gasteiger partial charge is 0.271 e. The predicted molar refractivity (Wildman–Crippen MR) is 39.3 cm³/mol. The smallest absolute Gasteiger partial charge is 0.262 e. The van der Waals surface area contributed by atoms with Gasteiger partial charge in [-0.2, -0.15) is 0 Å². The van der Waals surface area contributed by atoms with Gasteiger partial charge in [0.05, 0.1) is 6.26 Å². The first kappa shape index (κ1) is 8.52. The van der Waals surface area contributed by atoms with E-state index in [-0.39, 0.29) is 0 Å². The van der Waals surface area contributed by atoms with E-state index >= 15 is 0 Å². The van der Waals surface area contributed by atoms with Gasteiger partial charge in [-0.3, -0.25) is 4.79 Å². The lowest BCUT2D eigenvalue weighted by atomic mass is 10.1.